The molecule has 5 nitrogen and oxygen atoms in total. The zero-order chi connectivity index (χ0) is 18.1. The van der Waals surface area contributed by atoms with Crippen molar-refractivity contribution in [1.29, 1.82) is 0 Å². The highest BCUT2D eigenvalue weighted by Gasteiger charge is 2.35. The Balaban J connectivity index is 0.00000210. The smallest absolute Gasteiger partial charge is 0.244 e. The Morgan fingerprint density at radius 2 is 1.59 bits per heavy atom. The number of benzene rings is 2. The quantitative estimate of drug-likeness (QED) is 0.783. The monoisotopic (exact) mass is 406 g/mol. The Morgan fingerprint density at radius 3 is 2.41 bits per heavy atom. The molecule has 0 saturated heterocycles. The Bertz CT molecular complexity index is 946. The number of carbonyl (C=O) groups excluding carboxylic acids is 1. The molecule has 0 bridgehead atoms. The molecule has 0 aromatic heterocycles. The van der Waals surface area contributed by atoms with Gasteiger partial charge in [-0.15, -0.1) is 12.4 Å². The molecular formula is C20H23ClN2O3S. The van der Waals surface area contributed by atoms with Crippen LogP contribution in [0, 0.1) is 0 Å². The summed E-state index contributed by atoms with van der Waals surface area (Å²) >= 11 is 0. The number of ketones is 1. The van der Waals surface area contributed by atoms with Crippen molar-refractivity contribution in [1.82, 2.24) is 9.21 Å². The third-order valence-corrected chi connectivity index (χ3v) is 7.12. The third kappa shape index (κ3) is 3.94. The van der Waals surface area contributed by atoms with Crippen molar-refractivity contribution in [3.8, 4) is 0 Å². The lowest BCUT2D eigenvalue weighted by molar-refractivity contribution is 0.0954. The average Bonchev–Trinajstić information content (AvgIpc) is 2.66. The first-order valence-corrected chi connectivity index (χ1v) is 10.4. The number of rotatable bonds is 4. The van der Waals surface area contributed by atoms with Crippen LogP contribution in [-0.2, 0) is 23.0 Å². The predicted molar refractivity (Wildman–Crippen MR) is 107 cm³/mol. The van der Waals surface area contributed by atoms with Crippen molar-refractivity contribution in [3.05, 3.63) is 65.2 Å². The van der Waals surface area contributed by atoms with E-state index in [0.717, 1.165) is 32.5 Å². The second-order valence-electron chi connectivity index (χ2n) is 6.91. The van der Waals surface area contributed by atoms with Crippen LogP contribution >= 0.6 is 12.4 Å². The van der Waals surface area contributed by atoms with E-state index in [1.54, 1.807) is 18.2 Å². The maximum absolute atomic E-state index is 12.8. The van der Waals surface area contributed by atoms with Gasteiger partial charge < -0.3 is 0 Å². The second kappa shape index (κ2) is 8.10. The summed E-state index contributed by atoms with van der Waals surface area (Å²) < 4.78 is 26.8. The van der Waals surface area contributed by atoms with Crippen molar-refractivity contribution in [3.63, 3.8) is 0 Å². The highest BCUT2D eigenvalue weighted by molar-refractivity contribution is 7.89. The summed E-state index contributed by atoms with van der Waals surface area (Å²) in [5, 5.41) is 0. The Labute approximate surface area is 166 Å². The lowest BCUT2D eigenvalue weighted by atomic mass is 10.00. The molecule has 2 aliphatic rings. The first-order chi connectivity index (χ1) is 12.6. The molecule has 2 aromatic rings. The molecule has 27 heavy (non-hydrogen) atoms. The summed E-state index contributed by atoms with van der Waals surface area (Å²) in [6.45, 7) is 3.05. The molecule has 0 radical (unpaired) electrons. The molecule has 0 amide bonds. The van der Waals surface area contributed by atoms with Gasteiger partial charge in [0.15, 0.2) is 5.78 Å². The number of nitrogens with zero attached hydrogens (tertiary/aromatic N) is 2. The van der Waals surface area contributed by atoms with Crippen LogP contribution in [-0.4, -0.2) is 49.6 Å². The van der Waals surface area contributed by atoms with Crippen LogP contribution in [0.25, 0.3) is 0 Å². The van der Waals surface area contributed by atoms with Gasteiger partial charge in [-0.05, 0) is 42.6 Å². The first-order valence-electron chi connectivity index (χ1n) is 8.97. The Hall–Kier alpha value is -1.73. The summed E-state index contributed by atoms with van der Waals surface area (Å²) in [5.41, 5.74) is 3.08. The molecular weight excluding hydrogens is 384 g/mol. The molecule has 7 heteroatoms. The first kappa shape index (κ1) is 20.0. The summed E-state index contributed by atoms with van der Waals surface area (Å²) in [4.78, 5) is 14.8. The van der Waals surface area contributed by atoms with Gasteiger partial charge in [0.05, 0.1) is 11.4 Å². The van der Waals surface area contributed by atoms with E-state index in [4.69, 9.17) is 0 Å². The minimum absolute atomic E-state index is 0. The van der Waals surface area contributed by atoms with Gasteiger partial charge in [-0.2, -0.15) is 4.31 Å². The lowest BCUT2D eigenvalue weighted by Crippen LogP contribution is -2.42. The van der Waals surface area contributed by atoms with E-state index in [1.807, 2.05) is 0 Å². The molecule has 0 spiro atoms. The number of hydrogen-bond acceptors (Lipinski definition) is 4. The van der Waals surface area contributed by atoms with E-state index in [0.29, 0.717) is 12.1 Å². The predicted octanol–water partition coefficient (Wildman–Crippen LogP) is 2.74. The van der Waals surface area contributed by atoms with Crippen LogP contribution in [0.1, 0.15) is 27.9 Å². The maximum Gasteiger partial charge on any atom is 0.244 e. The van der Waals surface area contributed by atoms with Crippen molar-refractivity contribution in [2.75, 3.05) is 26.2 Å². The van der Waals surface area contributed by atoms with Crippen LogP contribution in [0.5, 0.6) is 0 Å². The van der Waals surface area contributed by atoms with Gasteiger partial charge in [-0.3, -0.25) is 9.69 Å². The topological polar surface area (TPSA) is 57.7 Å². The third-order valence-electron chi connectivity index (χ3n) is 5.22. The second-order valence-corrected chi connectivity index (χ2v) is 8.81. The molecule has 0 fully saturated rings. The van der Waals surface area contributed by atoms with E-state index in [9.17, 15) is 13.2 Å². The largest absolute Gasteiger partial charge is 0.299 e. The fourth-order valence-corrected chi connectivity index (χ4v) is 5.45. The van der Waals surface area contributed by atoms with Gasteiger partial charge in [0, 0.05) is 25.2 Å². The zero-order valence-corrected chi connectivity index (χ0v) is 16.6. The molecule has 0 unspecified atom stereocenters. The van der Waals surface area contributed by atoms with Gasteiger partial charge in [0.1, 0.15) is 0 Å². The van der Waals surface area contributed by atoms with Crippen molar-refractivity contribution in [2.24, 2.45) is 0 Å². The van der Waals surface area contributed by atoms with Crippen LogP contribution in [0.4, 0.5) is 0 Å². The average molecular weight is 407 g/mol. The van der Waals surface area contributed by atoms with Crippen molar-refractivity contribution in [2.45, 2.75) is 24.3 Å². The highest BCUT2D eigenvalue weighted by Crippen LogP contribution is 2.26. The summed E-state index contributed by atoms with van der Waals surface area (Å²) in [6, 6.07) is 15.0. The number of Topliss-reactive ketones (excluding diaryl/α,β-unsaturated/α-hetero) is 1. The van der Waals surface area contributed by atoms with Crippen LogP contribution in [0.3, 0.4) is 0 Å². The number of sulfonamides is 1. The van der Waals surface area contributed by atoms with E-state index in [1.165, 1.54) is 21.5 Å². The van der Waals surface area contributed by atoms with Crippen LogP contribution in [0.15, 0.2) is 53.4 Å². The molecule has 0 atom stereocenters. The summed E-state index contributed by atoms with van der Waals surface area (Å²) in [7, 11) is -3.57. The van der Waals surface area contributed by atoms with Gasteiger partial charge in [0.25, 0.3) is 0 Å². The normalized spacial score (nSPS) is 19.0. The van der Waals surface area contributed by atoms with Crippen molar-refractivity contribution >= 4 is 28.2 Å². The van der Waals surface area contributed by atoms with Gasteiger partial charge >= 0.3 is 0 Å². The number of carbonyl (C=O) groups is 1. The maximum atomic E-state index is 12.8. The molecule has 0 N–H and O–H groups in total. The number of halogens is 1. The summed E-state index contributed by atoms with van der Waals surface area (Å²) in [5.74, 6) is -0.123. The van der Waals surface area contributed by atoms with Gasteiger partial charge in [0.2, 0.25) is 10.0 Å². The number of hydrogen-bond donors (Lipinski definition) is 0. The van der Waals surface area contributed by atoms with E-state index in [-0.39, 0.29) is 29.6 Å². The Kier molecular flexibility index (Phi) is 6.01. The molecule has 144 valence electrons. The standard InChI is InChI=1S/C20H22N2O3S.ClH/c23-19-15-22(26(24,25)20-9-4-3-8-18(19)20)12-5-11-21-13-10-16-6-1-2-7-17(16)14-21;/h1-4,6-9H,5,10-15H2;1H. The van der Waals surface area contributed by atoms with Crippen molar-refractivity contribution < 1.29 is 13.2 Å². The summed E-state index contributed by atoms with van der Waals surface area (Å²) in [6.07, 6.45) is 1.75. The minimum atomic E-state index is -3.57. The lowest BCUT2D eigenvalue weighted by Gasteiger charge is -2.30. The fraction of sp³-hybridized carbons (Fsp3) is 0.350. The molecule has 0 aliphatic carbocycles. The van der Waals surface area contributed by atoms with Gasteiger partial charge in [-0.1, -0.05) is 36.4 Å². The SMILES string of the molecule is Cl.O=C1CN(CCCN2CCc3ccccc3C2)S(=O)(=O)c2ccccc21. The fourth-order valence-electron chi connectivity index (χ4n) is 3.81. The molecule has 4 rings (SSSR count). The van der Waals surface area contributed by atoms with Gasteiger partial charge in [-0.25, -0.2) is 8.42 Å². The van der Waals surface area contributed by atoms with Crippen LogP contribution in [0.2, 0.25) is 0 Å². The number of fused-ring (bicyclic) bond motifs is 2. The Morgan fingerprint density at radius 1 is 0.889 bits per heavy atom. The molecule has 2 aliphatic heterocycles. The molecule has 2 heterocycles. The molecule has 2 aromatic carbocycles. The zero-order valence-electron chi connectivity index (χ0n) is 15.0. The minimum Gasteiger partial charge on any atom is -0.299 e. The molecule has 0 saturated carbocycles. The van der Waals surface area contributed by atoms with E-state index >= 15 is 0 Å². The van der Waals surface area contributed by atoms with E-state index in [2.05, 4.69) is 29.2 Å². The highest BCUT2D eigenvalue weighted by atomic mass is 35.5. The van der Waals surface area contributed by atoms with Crippen LogP contribution < -0.4 is 0 Å². The van der Waals surface area contributed by atoms with E-state index < -0.39 is 10.0 Å².